The zero-order valence-electron chi connectivity index (χ0n) is 16.9. The second-order valence-corrected chi connectivity index (χ2v) is 8.23. The van der Waals surface area contributed by atoms with E-state index in [2.05, 4.69) is 27.4 Å². The van der Waals surface area contributed by atoms with Gasteiger partial charge < -0.3 is 14.2 Å². The summed E-state index contributed by atoms with van der Waals surface area (Å²) in [6.07, 6.45) is 6.76. The second-order valence-electron chi connectivity index (χ2n) is 8.23. The van der Waals surface area contributed by atoms with Gasteiger partial charge in [-0.05, 0) is 56.0 Å². The molecule has 150 valence electrons. The van der Waals surface area contributed by atoms with E-state index in [9.17, 15) is 4.79 Å². The number of piperidine rings is 1. The average Bonchev–Trinajstić information content (AvgIpc) is 3.28. The Balaban J connectivity index is 1.35. The van der Waals surface area contributed by atoms with Crippen molar-refractivity contribution in [3.63, 3.8) is 0 Å². The summed E-state index contributed by atoms with van der Waals surface area (Å²) in [4.78, 5) is 21.5. The van der Waals surface area contributed by atoms with Crippen LogP contribution >= 0.6 is 0 Å². The Bertz CT molecular complexity index is 823. The van der Waals surface area contributed by atoms with E-state index in [0.29, 0.717) is 18.9 Å². The highest BCUT2D eigenvalue weighted by Crippen LogP contribution is 2.41. The molecule has 0 N–H and O–H groups in total. The van der Waals surface area contributed by atoms with E-state index in [0.717, 1.165) is 56.9 Å². The third-order valence-electron chi connectivity index (χ3n) is 6.35. The summed E-state index contributed by atoms with van der Waals surface area (Å²) < 4.78 is 7.52. The van der Waals surface area contributed by atoms with Gasteiger partial charge in [0.05, 0.1) is 19.1 Å². The lowest BCUT2D eigenvalue weighted by atomic mass is 9.77. The number of ether oxygens (including phenoxy) is 1. The molecule has 2 fully saturated rings. The highest BCUT2D eigenvalue weighted by atomic mass is 16.5. The summed E-state index contributed by atoms with van der Waals surface area (Å²) in [7, 11) is 1.68. The van der Waals surface area contributed by atoms with Crippen molar-refractivity contribution in [1.29, 1.82) is 0 Å². The molecule has 0 radical (unpaired) electrons. The standard InChI is InChI=1S/C22H30N4O2/c1-3-25-17-23-13-19(25)15-24-9-7-22(8-10-24)12-21(27)26(16-22)14-18-5-4-6-20(11-18)28-2/h4-6,11,13,17H,3,7-10,12,14-16H2,1-2H3. The number of imidazole rings is 1. The van der Waals surface area contributed by atoms with Crippen molar-refractivity contribution in [2.45, 2.75) is 45.8 Å². The number of carbonyl (C=O) groups is 1. The molecule has 0 saturated carbocycles. The summed E-state index contributed by atoms with van der Waals surface area (Å²) in [5, 5.41) is 0. The van der Waals surface area contributed by atoms with Crippen molar-refractivity contribution in [3.8, 4) is 5.75 Å². The van der Waals surface area contributed by atoms with E-state index in [1.54, 1.807) is 7.11 Å². The molecule has 2 saturated heterocycles. The SMILES string of the molecule is CCn1cncc1CN1CCC2(CC1)CC(=O)N(Cc1cccc(OC)c1)C2. The molecule has 1 aromatic carbocycles. The molecular formula is C22H30N4O2. The van der Waals surface area contributed by atoms with Gasteiger partial charge in [-0.2, -0.15) is 0 Å². The minimum atomic E-state index is 0.150. The van der Waals surface area contributed by atoms with E-state index in [4.69, 9.17) is 4.74 Å². The second kappa shape index (κ2) is 7.95. The monoisotopic (exact) mass is 382 g/mol. The van der Waals surface area contributed by atoms with Crippen molar-refractivity contribution >= 4 is 5.91 Å². The van der Waals surface area contributed by atoms with Crippen LogP contribution in [0.4, 0.5) is 0 Å². The molecule has 2 aliphatic rings. The predicted molar refractivity (Wildman–Crippen MR) is 108 cm³/mol. The van der Waals surface area contributed by atoms with Crippen LogP contribution in [0.1, 0.15) is 37.4 Å². The smallest absolute Gasteiger partial charge is 0.223 e. The molecule has 1 amide bonds. The van der Waals surface area contributed by atoms with Gasteiger partial charge in [-0.25, -0.2) is 4.98 Å². The van der Waals surface area contributed by atoms with Crippen LogP contribution in [-0.4, -0.2) is 52.0 Å². The number of rotatable bonds is 6. The van der Waals surface area contributed by atoms with E-state index in [1.807, 2.05) is 35.6 Å². The maximum atomic E-state index is 12.7. The molecule has 2 aromatic rings. The number of amides is 1. The van der Waals surface area contributed by atoms with Gasteiger partial charge in [-0.3, -0.25) is 9.69 Å². The number of nitrogens with zero attached hydrogens (tertiary/aromatic N) is 4. The zero-order valence-corrected chi connectivity index (χ0v) is 16.9. The number of hydrogen-bond donors (Lipinski definition) is 0. The number of benzene rings is 1. The quantitative estimate of drug-likeness (QED) is 0.771. The van der Waals surface area contributed by atoms with Gasteiger partial charge in [0.25, 0.3) is 0 Å². The number of carbonyl (C=O) groups excluding carboxylic acids is 1. The first-order valence-electron chi connectivity index (χ1n) is 10.2. The largest absolute Gasteiger partial charge is 0.497 e. The normalized spacial score (nSPS) is 19.5. The summed E-state index contributed by atoms with van der Waals surface area (Å²) in [6, 6.07) is 8.03. The molecule has 6 heteroatoms. The first-order valence-corrected chi connectivity index (χ1v) is 10.2. The molecule has 0 bridgehead atoms. The lowest BCUT2D eigenvalue weighted by molar-refractivity contribution is -0.128. The van der Waals surface area contributed by atoms with Crippen molar-refractivity contribution in [2.75, 3.05) is 26.7 Å². The van der Waals surface area contributed by atoms with E-state index >= 15 is 0 Å². The Hall–Kier alpha value is -2.34. The number of methoxy groups -OCH3 is 1. The zero-order chi connectivity index (χ0) is 19.6. The molecule has 0 atom stereocenters. The van der Waals surface area contributed by atoms with Crippen LogP contribution < -0.4 is 4.74 Å². The Morgan fingerprint density at radius 1 is 1.21 bits per heavy atom. The summed E-state index contributed by atoms with van der Waals surface area (Å²) in [5.74, 6) is 1.14. The molecule has 0 aliphatic carbocycles. The van der Waals surface area contributed by atoms with E-state index in [1.165, 1.54) is 5.69 Å². The van der Waals surface area contributed by atoms with Crippen LogP contribution in [0.15, 0.2) is 36.8 Å². The number of aryl methyl sites for hydroxylation is 1. The molecule has 2 aliphatic heterocycles. The van der Waals surface area contributed by atoms with E-state index in [-0.39, 0.29) is 5.41 Å². The summed E-state index contributed by atoms with van der Waals surface area (Å²) in [6.45, 7) is 7.72. The van der Waals surface area contributed by atoms with E-state index < -0.39 is 0 Å². The molecule has 28 heavy (non-hydrogen) atoms. The minimum absolute atomic E-state index is 0.150. The molecule has 6 nitrogen and oxygen atoms in total. The maximum Gasteiger partial charge on any atom is 0.223 e. The molecule has 1 aromatic heterocycles. The Kier molecular flexibility index (Phi) is 5.40. The molecule has 3 heterocycles. The third kappa shape index (κ3) is 3.92. The maximum absolute atomic E-state index is 12.7. The first kappa shape index (κ1) is 19.0. The first-order chi connectivity index (χ1) is 13.6. The van der Waals surface area contributed by atoms with Crippen LogP contribution in [0, 0.1) is 5.41 Å². The van der Waals surface area contributed by atoms with Gasteiger partial charge >= 0.3 is 0 Å². The van der Waals surface area contributed by atoms with Crippen molar-refractivity contribution in [3.05, 3.63) is 48.0 Å². The molecular weight excluding hydrogens is 352 g/mol. The fraction of sp³-hybridized carbons (Fsp3) is 0.545. The number of aromatic nitrogens is 2. The third-order valence-corrected chi connectivity index (χ3v) is 6.35. The van der Waals surface area contributed by atoms with Crippen molar-refractivity contribution in [1.82, 2.24) is 19.4 Å². The minimum Gasteiger partial charge on any atom is -0.497 e. The van der Waals surface area contributed by atoms with Gasteiger partial charge in [0, 0.05) is 38.8 Å². The lowest BCUT2D eigenvalue weighted by Gasteiger charge is -2.38. The average molecular weight is 383 g/mol. The summed E-state index contributed by atoms with van der Waals surface area (Å²) >= 11 is 0. The van der Waals surface area contributed by atoms with Gasteiger partial charge in [0.15, 0.2) is 0 Å². The highest BCUT2D eigenvalue weighted by Gasteiger charge is 2.44. The molecule has 4 rings (SSSR count). The Labute approximate surface area is 167 Å². The van der Waals surface area contributed by atoms with Crippen molar-refractivity contribution < 1.29 is 9.53 Å². The number of hydrogen-bond acceptors (Lipinski definition) is 4. The van der Waals surface area contributed by atoms with Crippen LogP contribution in [0.25, 0.3) is 0 Å². The topological polar surface area (TPSA) is 50.6 Å². The predicted octanol–water partition coefficient (Wildman–Crippen LogP) is 2.93. The Morgan fingerprint density at radius 2 is 2.04 bits per heavy atom. The Morgan fingerprint density at radius 3 is 2.79 bits per heavy atom. The fourth-order valence-corrected chi connectivity index (χ4v) is 4.63. The van der Waals surface area contributed by atoms with Crippen LogP contribution in [0.5, 0.6) is 5.75 Å². The molecule has 1 spiro atoms. The van der Waals surface area contributed by atoms with Crippen LogP contribution in [0.3, 0.4) is 0 Å². The molecule has 0 unspecified atom stereocenters. The van der Waals surface area contributed by atoms with Gasteiger partial charge in [-0.1, -0.05) is 12.1 Å². The fourth-order valence-electron chi connectivity index (χ4n) is 4.63. The highest BCUT2D eigenvalue weighted by molar-refractivity contribution is 5.79. The summed E-state index contributed by atoms with van der Waals surface area (Å²) in [5.41, 5.74) is 2.56. The van der Waals surface area contributed by atoms with Crippen LogP contribution in [0.2, 0.25) is 0 Å². The lowest BCUT2D eigenvalue weighted by Crippen LogP contribution is -2.41. The van der Waals surface area contributed by atoms with Gasteiger partial charge in [0.1, 0.15) is 5.75 Å². The van der Waals surface area contributed by atoms with Gasteiger partial charge in [0.2, 0.25) is 5.91 Å². The number of likely N-dealkylation sites (tertiary alicyclic amines) is 2. The van der Waals surface area contributed by atoms with Crippen molar-refractivity contribution in [2.24, 2.45) is 5.41 Å². The van der Waals surface area contributed by atoms with Gasteiger partial charge in [-0.15, -0.1) is 0 Å². The van der Waals surface area contributed by atoms with Crippen LogP contribution in [-0.2, 0) is 24.4 Å².